The molecule has 0 heterocycles. The molecule has 0 atom stereocenters. The lowest BCUT2D eigenvalue weighted by molar-refractivity contribution is 0.415. The summed E-state index contributed by atoms with van der Waals surface area (Å²) in [4.78, 5) is 0. The summed E-state index contributed by atoms with van der Waals surface area (Å²) in [5.41, 5.74) is 1.10. The van der Waals surface area contributed by atoms with Crippen LogP contribution in [0.25, 0.3) is 11.1 Å². The van der Waals surface area contributed by atoms with Crippen LogP contribution >= 0.6 is 58.0 Å². The summed E-state index contributed by atoms with van der Waals surface area (Å²) in [5.74, 6) is 0.419. The average Bonchev–Trinajstić information content (AvgIpc) is 2.38. The number of halogens is 5. The number of rotatable bonds is 2. The third-order valence-corrected chi connectivity index (χ3v) is 4.27. The summed E-state index contributed by atoms with van der Waals surface area (Å²) in [6.07, 6.45) is 0. The van der Waals surface area contributed by atoms with Gasteiger partial charge in [0.05, 0.1) is 22.2 Å². The van der Waals surface area contributed by atoms with Crippen molar-refractivity contribution in [1.82, 2.24) is 0 Å². The van der Waals surface area contributed by atoms with E-state index in [9.17, 15) is 0 Å². The zero-order valence-electron chi connectivity index (χ0n) is 9.61. The van der Waals surface area contributed by atoms with E-state index in [4.69, 9.17) is 62.7 Å². The molecule has 0 aromatic heterocycles. The van der Waals surface area contributed by atoms with E-state index >= 15 is 0 Å². The molecule has 0 fully saturated rings. The van der Waals surface area contributed by atoms with Crippen LogP contribution < -0.4 is 4.74 Å². The van der Waals surface area contributed by atoms with Gasteiger partial charge >= 0.3 is 0 Å². The highest BCUT2D eigenvalue weighted by molar-refractivity contribution is 6.47. The van der Waals surface area contributed by atoms with Crippen molar-refractivity contribution in [2.45, 2.75) is 0 Å². The molecule has 2 aromatic rings. The lowest BCUT2D eigenvalue weighted by Gasteiger charge is -2.14. The Morgan fingerprint density at radius 3 is 2.16 bits per heavy atom. The smallest absolute Gasteiger partial charge is 0.139 e. The highest BCUT2D eigenvalue weighted by Gasteiger charge is 2.19. The average molecular weight is 356 g/mol. The van der Waals surface area contributed by atoms with Crippen molar-refractivity contribution in [3.05, 3.63) is 49.4 Å². The van der Waals surface area contributed by atoms with Gasteiger partial charge in [0, 0.05) is 27.2 Å². The maximum absolute atomic E-state index is 6.28. The van der Waals surface area contributed by atoms with Crippen molar-refractivity contribution < 1.29 is 4.74 Å². The Hall–Kier alpha value is -0.310. The molecule has 2 rings (SSSR count). The molecule has 100 valence electrons. The first-order chi connectivity index (χ1) is 8.95. The van der Waals surface area contributed by atoms with Gasteiger partial charge in [-0.1, -0.05) is 58.0 Å². The molecule has 0 N–H and O–H groups in total. The van der Waals surface area contributed by atoms with Crippen molar-refractivity contribution in [2.75, 3.05) is 7.11 Å². The largest absolute Gasteiger partial charge is 0.495 e. The number of benzene rings is 2. The Morgan fingerprint density at radius 2 is 1.53 bits per heavy atom. The highest BCUT2D eigenvalue weighted by atomic mass is 35.5. The number of hydrogen-bond acceptors (Lipinski definition) is 1. The summed E-state index contributed by atoms with van der Waals surface area (Å²) >= 11 is 30.7. The third kappa shape index (κ3) is 2.91. The van der Waals surface area contributed by atoms with Gasteiger partial charge in [-0.15, -0.1) is 0 Å². The lowest BCUT2D eigenvalue weighted by atomic mass is 10.0. The van der Waals surface area contributed by atoms with E-state index in [1.54, 1.807) is 24.3 Å². The van der Waals surface area contributed by atoms with Crippen molar-refractivity contribution in [3.63, 3.8) is 0 Å². The molecule has 0 aliphatic carbocycles. The molecule has 0 bridgehead atoms. The van der Waals surface area contributed by atoms with Gasteiger partial charge in [0.25, 0.3) is 0 Å². The molecule has 0 saturated carbocycles. The second kappa shape index (κ2) is 5.99. The molecule has 0 aliphatic heterocycles. The standard InChI is InChI=1S/C13H7Cl5O/c1-19-10-5-9(16)12(17)11(13(10)18)7-4-6(14)2-3-8(7)15/h2-5H,1H3. The third-order valence-electron chi connectivity index (χ3n) is 2.54. The first kappa shape index (κ1) is 15.1. The Labute approximate surface area is 135 Å². The Balaban J connectivity index is 2.81. The zero-order valence-corrected chi connectivity index (χ0v) is 13.4. The van der Waals surface area contributed by atoms with Crippen LogP contribution in [-0.4, -0.2) is 7.11 Å². The highest BCUT2D eigenvalue weighted by Crippen LogP contribution is 2.46. The summed E-state index contributed by atoms with van der Waals surface area (Å²) in [5, 5.41) is 1.95. The maximum Gasteiger partial charge on any atom is 0.139 e. The molecular weight excluding hydrogens is 349 g/mol. The minimum absolute atomic E-state index is 0.302. The molecule has 2 aromatic carbocycles. The van der Waals surface area contributed by atoms with Gasteiger partial charge in [-0.2, -0.15) is 0 Å². The predicted octanol–water partition coefficient (Wildman–Crippen LogP) is 6.63. The molecule has 0 unspecified atom stereocenters. The molecule has 1 nitrogen and oxygen atoms in total. The maximum atomic E-state index is 6.28. The first-order valence-corrected chi connectivity index (χ1v) is 7.01. The van der Waals surface area contributed by atoms with Crippen molar-refractivity contribution in [1.29, 1.82) is 0 Å². The molecule has 0 saturated heterocycles. The van der Waals surface area contributed by atoms with Crippen LogP contribution in [0, 0.1) is 0 Å². The minimum Gasteiger partial charge on any atom is -0.495 e. The molecule has 0 amide bonds. The lowest BCUT2D eigenvalue weighted by Crippen LogP contribution is -1.90. The van der Waals surface area contributed by atoms with Crippen LogP contribution in [-0.2, 0) is 0 Å². The molecule has 19 heavy (non-hydrogen) atoms. The Bertz CT molecular complexity index is 639. The van der Waals surface area contributed by atoms with Crippen LogP contribution in [0.3, 0.4) is 0 Å². The van der Waals surface area contributed by atoms with Crippen molar-refractivity contribution >= 4 is 58.0 Å². The van der Waals surface area contributed by atoms with E-state index in [0.717, 1.165) is 0 Å². The van der Waals surface area contributed by atoms with Crippen LogP contribution in [0.1, 0.15) is 0 Å². The van der Waals surface area contributed by atoms with E-state index in [0.29, 0.717) is 42.0 Å². The molecular formula is C13H7Cl5O. The first-order valence-electron chi connectivity index (χ1n) is 5.12. The van der Waals surface area contributed by atoms with E-state index in [1.165, 1.54) is 7.11 Å². The van der Waals surface area contributed by atoms with Crippen LogP contribution in [0.15, 0.2) is 24.3 Å². The van der Waals surface area contributed by atoms with Gasteiger partial charge in [-0.3, -0.25) is 0 Å². The van der Waals surface area contributed by atoms with E-state index in [-0.39, 0.29) is 0 Å². The second-order valence-corrected chi connectivity index (χ2v) is 5.69. The fourth-order valence-corrected chi connectivity index (χ4v) is 2.86. The molecule has 0 radical (unpaired) electrons. The Morgan fingerprint density at radius 1 is 0.842 bits per heavy atom. The minimum atomic E-state index is 0.302. The van der Waals surface area contributed by atoms with E-state index < -0.39 is 0 Å². The quantitative estimate of drug-likeness (QED) is 0.549. The number of ether oxygens (including phenoxy) is 1. The van der Waals surface area contributed by atoms with Gasteiger partial charge in [-0.05, 0) is 18.2 Å². The normalized spacial score (nSPS) is 10.6. The SMILES string of the molecule is COc1cc(Cl)c(Cl)c(-c2cc(Cl)ccc2Cl)c1Cl. The second-order valence-electron chi connectivity index (χ2n) is 3.69. The van der Waals surface area contributed by atoms with Crippen LogP contribution in [0.2, 0.25) is 25.1 Å². The van der Waals surface area contributed by atoms with Gasteiger partial charge in [0.2, 0.25) is 0 Å². The molecule has 0 spiro atoms. The van der Waals surface area contributed by atoms with Crippen molar-refractivity contribution in [2.24, 2.45) is 0 Å². The van der Waals surface area contributed by atoms with Gasteiger partial charge in [0.15, 0.2) is 0 Å². The van der Waals surface area contributed by atoms with E-state index in [1.807, 2.05) is 0 Å². The Kier molecular flexibility index (Phi) is 4.75. The topological polar surface area (TPSA) is 9.23 Å². The van der Waals surface area contributed by atoms with Crippen molar-refractivity contribution in [3.8, 4) is 16.9 Å². The van der Waals surface area contributed by atoms with Gasteiger partial charge in [-0.25, -0.2) is 0 Å². The fraction of sp³-hybridized carbons (Fsp3) is 0.0769. The number of methoxy groups -OCH3 is 1. The van der Waals surface area contributed by atoms with Gasteiger partial charge < -0.3 is 4.74 Å². The summed E-state index contributed by atoms with van der Waals surface area (Å²) in [6.45, 7) is 0. The van der Waals surface area contributed by atoms with E-state index in [2.05, 4.69) is 0 Å². The van der Waals surface area contributed by atoms with Crippen LogP contribution in [0.5, 0.6) is 5.75 Å². The molecule has 0 aliphatic rings. The van der Waals surface area contributed by atoms with Crippen LogP contribution in [0.4, 0.5) is 0 Å². The summed E-state index contributed by atoms with van der Waals surface area (Å²) in [7, 11) is 1.49. The summed E-state index contributed by atoms with van der Waals surface area (Å²) in [6, 6.07) is 6.57. The molecule has 6 heteroatoms. The summed E-state index contributed by atoms with van der Waals surface area (Å²) < 4.78 is 5.16. The number of hydrogen-bond donors (Lipinski definition) is 0. The van der Waals surface area contributed by atoms with Gasteiger partial charge in [0.1, 0.15) is 5.75 Å². The fourth-order valence-electron chi connectivity index (χ4n) is 1.65. The monoisotopic (exact) mass is 354 g/mol. The predicted molar refractivity (Wildman–Crippen MR) is 83.5 cm³/mol. The zero-order chi connectivity index (χ0) is 14.2.